The summed E-state index contributed by atoms with van der Waals surface area (Å²) < 4.78 is 11.4. The van der Waals surface area contributed by atoms with E-state index in [9.17, 15) is 0 Å². The minimum Gasteiger partial charge on any atom is -0.336 e. The Morgan fingerprint density at radius 1 is 1.00 bits per heavy atom. The first-order chi connectivity index (χ1) is 9.35. The van der Waals surface area contributed by atoms with Crippen molar-refractivity contribution in [3.63, 3.8) is 0 Å². The van der Waals surface area contributed by atoms with Gasteiger partial charge < -0.3 is 9.05 Å². The van der Waals surface area contributed by atoms with E-state index in [1.807, 2.05) is 6.08 Å². The van der Waals surface area contributed by atoms with Gasteiger partial charge in [0.2, 0.25) is 0 Å². The van der Waals surface area contributed by atoms with Crippen LogP contribution < -0.4 is 0 Å². The third-order valence-corrected chi connectivity index (χ3v) is 3.95. The molecule has 0 N–H and O–H groups in total. The van der Waals surface area contributed by atoms with Crippen LogP contribution in [0.2, 0.25) is 0 Å². The zero-order valence-corrected chi connectivity index (χ0v) is 14.0. The number of rotatable bonds is 15. The fourth-order valence-corrected chi connectivity index (χ4v) is 2.60. The number of allylic oxidation sites excluding steroid dienone is 1. The molecule has 2 nitrogen and oxygen atoms in total. The van der Waals surface area contributed by atoms with Gasteiger partial charge in [0.25, 0.3) is 0 Å². The van der Waals surface area contributed by atoms with Crippen LogP contribution in [0, 0.1) is 0 Å². The van der Waals surface area contributed by atoms with E-state index in [0.717, 1.165) is 32.3 Å². The Balaban J connectivity index is 3.52. The van der Waals surface area contributed by atoms with Gasteiger partial charge in [-0.25, -0.2) is 0 Å². The predicted octanol–water partition coefficient (Wildman–Crippen LogP) is 6.02. The fraction of sp³-hybridized carbons (Fsp3) is 0.875. The first-order valence-corrected chi connectivity index (χ1v) is 8.80. The normalized spacial score (nSPS) is 13.2. The highest BCUT2D eigenvalue weighted by atomic mass is 31.1. The molecule has 0 aliphatic heterocycles. The van der Waals surface area contributed by atoms with Crippen LogP contribution in [-0.4, -0.2) is 12.7 Å². The molecular formula is C16H33O2P. The quantitative estimate of drug-likeness (QED) is 0.208. The molecule has 2 atom stereocenters. The van der Waals surface area contributed by atoms with Crippen molar-refractivity contribution < 1.29 is 9.05 Å². The van der Waals surface area contributed by atoms with Gasteiger partial charge in [0.15, 0.2) is 9.03 Å². The zero-order valence-electron chi connectivity index (χ0n) is 13.0. The van der Waals surface area contributed by atoms with Gasteiger partial charge in [-0.3, -0.25) is 0 Å². The Labute approximate surface area is 122 Å². The molecule has 3 heteroatoms. The minimum absolute atomic E-state index is 0.213. The van der Waals surface area contributed by atoms with Gasteiger partial charge in [-0.2, -0.15) is 0 Å². The molecule has 114 valence electrons. The highest BCUT2D eigenvalue weighted by Crippen LogP contribution is 2.23. The first-order valence-electron chi connectivity index (χ1n) is 7.98. The lowest BCUT2D eigenvalue weighted by Gasteiger charge is -2.16. The summed E-state index contributed by atoms with van der Waals surface area (Å²) in [4.78, 5) is 0. The molecule has 0 rings (SSSR count). The third kappa shape index (κ3) is 14.3. The maximum Gasteiger partial charge on any atom is 0.155 e. The molecule has 0 saturated carbocycles. The Bertz CT molecular complexity index is 186. The van der Waals surface area contributed by atoms with Crippen LogP contribution in [0.3, 0.4) is 0 Å². The molecule has 0 bridgehead atoms. The van der Waals surface area contributed by atoms with Crippen molar-refractivity contribution >= 4 is 9.03 Å². The molecule has 0 aromatic carbocycles. The summed E-state index contributed by atoms with van der Waals surface area (Å²) in [6.07, 6.45) is 14.5. The van der Waals surface area contributed by atoms with Gasteiger partial charge in [-0.15, -0.1) is 6.58 Å². The van der Waals surface area contributed by atoms with E-state index in [2.05, 4.69) is 20.4 Å². The molecular weight excluding hydrogens is 255 g/mol. The number of hydrogen-bond acceptors (Lipinski definition) is 2. The highest BCUT2D eigenvalue weighted by Gasteiger charge is 2.08. The first kappa shape index (κ1) is 19.1. The summed E-state index contributed by atoms with van der Waals surface area (Å²) in [5.74, 6) is 0. The molecule has 0 aromatic rings. The molecule has 0 saturated heterocycles. The van der Waals surface area contributed by atoms with Crippen molar-refractivity contribution in [1.82, 2.24) is 0 Å². The molecule has 0 spiro atoms. The summed E-state index contributed by atoms with van der Waals surface area (Å²) in [5, 5.41) is 0. The van der Waals surface area contributed by atoms with Crippen molar-refractivity contribution in [2.24, 2.45) is 0 Å². The average Bonchev–Trinajstić information content (AvgIpc) is 2.43. The lowest BCUT2D eigenvalue weighted by atomic mass is 10.1. The molecule has 0 aromatic heterocycles. The van der Waals surface area contributed by atoms with E-state index in [-0.39, 0.29) is 9.03 Å². The van der Waals surface area contributed by atoms with Crippen molar-refractivity contribution in [2.75, 3.05) is 6.61 Å². The van der Waals surface area contributed by atoms with Crippen LogP contribution in [0.4, 0.5) is 0 Å². The second-order valence-corrected chi connectivity index (χ2v) is 5.79. The van der Waals surface area contributed by atoms with Gasteiger partial charge >= 0.3 is 0 Å². The molecule has 0 radical (unpaired) electrons. The second-order valence-electron chi connectivity index (χ2n) is 5.09. The SMILES string of the molecule is C=CCCC(CCCCC)OPOCCCCCC. The standard InChI is InChI=1S/C16H33O2P/c1-4-7-10-12-15-17-19-18-16(13-9-6-3)14-11-8-5-2/h6,16,19H,3-5,7-15H2,1-2H3. The van der Waals surface area contributed by atoms with Gasteiger partial charge in [0.05, 0.1) is 12.7 Å². The summed E-state index contributed by atoms with van der Waals surface area (Å²) in [6, 6.07) is 0. The van der Waals surface area contributed by atoms with Crippen LogP contribution in [-0.2, 0) is 9.05 Å². The van der Waals surface area contributed by atoms with E-state index >= 15 is 0 Å². The lowest BCUT2D eigenvalue weighted by Crippen LogP contribution is -2.08. The van der Waals surface area contributed by atoms with Gasteiger partial charge in [-0.1, -0.05) is 58.4 Å². The van der Waals surface area contributed by atoms with Crippen molar-refractivity contribution in [2.45, 2.75) is 84.2 Å². The van der Waals surface area contributed by atoms with Crippen molar-refractivity contribution in [3.05, 3.63) is 12.7 Å². The highest BCUT2D eigenvalue weighted by molar-refractivity contribution is 7.26. The van der Waals surface area contributed by atoms with E-state index in [4.69, 9.17) is 9.05 Å². The zero-order chi connectivity index (χ0) is 14.2. The maximum absolute atomic E-state index is 5.86. The summed E-state index contributed by atoms with van der Waals surface area (Å²) in [6.45, 7) is 9.10. The molecule has 0 amide bonds. The smallest absolute Gasteiger partial charge is 0.155 e. The summed E-state index contributed by atoms with van der Waals surface area (Å²) >= 11 is 0. The topological polar surface area (TPSA) is 18.5 Å². The molecule has 19 heavy (non-hydrogen) atoms. The van der Waals surface area contributed by atoms with E-state index in [1.165, 1.54) is 38.5 Å². The lowest BCUT2D eigenvalue weighted by molar-refractivity contribution is 0.170. The van der Waals surface area contributed by atoms with E-state index in [0.29, 0.717) is 6.10 Å². The summed E-state index contributed by atoms with van der Waals surface area (Å²) in [7, 11) is 0.213. The van der Waals surface area contributed by atoms with Crippen molar-refractivity contribution in [1.29, 1.82) is 0 Å². The van der Waals surface area contributed by atoms with Gasteiger partial charge in [-0.05, 0) is 25.7 Å². The molecule has 2 unspecified atom stereocenters. The van der Waals surface area contributed by atoms with E-state index in [1.54, 1.807) is 0 Å². The molecule has 0 fully saturated rings. The molecule has 0 aliphatic carbocycles. The largest absolute Gasteiger partial charge is 0.336 e. The Morgan fingerprint density at radius 2 is 1.74 bits per heavy atom. The van der Waals surface area contributed by atoms with Gasteiger partial charge in [0, 0.05) is 0 Å². The number of unbranched alkanes of at least 4 members (excludes halogenated alkanes) is 5. The summed E-state index contributed by atoms with van der Waals surface area (Å²) in [5.41, 5.74) is 0. The average molecular weight is 288 g/mol. The van der Waals surface area contributed by atoms with Crippen LogP contribution >= 0.6 is 9.03 Å². The molecule has 0 aliphatic rings. The fourth-order valence-electron chi connectivity index (χ4n) is 1.93. The second kappa shape index (κ2) is 16.1. The predicted molar refractivity (Wildman–Crippen MR) is 86.9 cm³/mol. The number of hydrogen-bond donors (Lipinski definition) is 0. The molecule has 0 heterocycles. The van der Waals surface area contributed by atoms with Crippen LogP contribution in [0.5, 0.6) is 0 Å². The van der Waals surface area contributed by atoms with Crippen LogP contribution in [0.1, 0.15) is 78.1 Å². The van der Waals surface area contributed by atoms with E-state index < -0.39 is 0 Å². The maximum atomic E-state index is 5.86. The van der Waals surface area contributed by atoms with Crippen LogP contribution in [0.15, 0.2) is 12.7 Å². The Morgan fingerprint density at radius 3 is 2.42 bits per heavy atom. The minimum atomic E-state index is 0.213. The van der Waals surface area contributed by atoms with Crippen molar-refractivity contribution in [3.8, 4) is 0 Å². The van der Waals surface area contributed by atoms with Gasteiger partial charge in [0.1, 0.15) is 0 Å². The monoisotopic (exact) mass is 288 g/mol. The third-order valence-electron chi connectivity index (χ3n) is 3.20. The Hall–Kier alpha value is 0.0900. The van der Waals surface area contributed by atoms with Crippen LogP contribution in [0.25, 0.3) is 0 Å². The Kier molecular flexibility index (Phi) is 16.2.